The lowest BCUT2D eigenvalue weighted by Gasteiger charge is -2.22. The Morgan fingerprint density at radius 1 is 1.69 bits per heavy atom. The van der Waals surface area contributed by atoms with Crippen LogP contribution in [0, 0.1) is 0 Å². The van der Waals surface area contributed by atoms with Crippen molar-refractivity contribution in [3.05, 3.63) is 22.4 Å². The summed E-state index contributed by atoms with van der Waals surface area (Å²) in [5, 5.41) is 3.09. The number of nitrogens with one attached hydrogen (secondary N) is 1. The maximum atomic E-state index is 12.0. The molecule has 88 valence electrons. The third-order valence-electron chi connectivity index (χ3n) is 2.70. The molecular weight excluding hydrogens is 288 g/mol. The van der Waals surface area contributed by atoms with Crippen LogP contribution >= 0.6 is 27.7 Å². The van der Waals surface area contributed by atoms with Gasteiger partial charge in [0, 0.05) is 29.5 Å². The monoisotopic (exact) mass is 302 g/mol. The minimum absolute atomic E-state index is 0.0284. The zero-order valence-electron chi connectivity index (χ0n) is 9.20. The fraction of sp³-hybridized carbons (Fsp3) is 0.545. The molecule has 2 rings (SSSR count). The number of aryl methyl sites for hydroxylation is 1. The zero-order chi connectivity index (χ0) is 11.5. The number of aromatic nitrogens is 1. The Labute approximate surface area is 108 Å². The first kappa shape index (κ1) is 12.0. The number of hydrogen-bond donors (Lipinski definition) is 1. The van der Waals surface area contributed by atoms with Crippen molar-refractivity contribution in [2.45, 2.75) is 18.9 Å². The molecule has 1 saturated heterocycles. The highest BCUT2D eigenvalue weighted by atomic mass is 79.9. The molecule has 2 heterocycles. The van der Waals surface area contributed by atoms with E-state index in [1.807, 2.05) is 35.6 Å². The Morgan fingerprint density at radius 3 is 3.06 bits per heavy atom. The van der Waals surface area contributed by atoms with Gasteiger partial charge in [-0.2, -0.15) is 11.8 Å². The zero-order valence-corrected chi connectivity index (χ0v) is 11.6. The van der Waals surface area contributed by atoms with Gasteiger partial charge in [-0.15, -0.1) is 0 Å². The summed E-state index contributed by atoms with van der Waals surface area (Å²) in [7, 11) is 1.88. The number of nitrogens with zero attached hydrogens (tertiary/aromatic N) is 1. The van der Waals surface area contributed by atoms with E-state index in [4.69, 9.17) is 0 Å². The summed E-state index contributed by atoms with van der Waals surface area (Å²) < 4.78 is 2.79. The van der Waals surface area contributed by atoms with Crippen LogP contribution in [0.4, 0.5) is 0 Å². The van der Waals surface area contributed by atoms with E-state index in [-0.39, 0.29) is 5.91 Å². The SMILES string of the molecule is Cn1cc(Br)cc1C(=O)NC1CCCSC1. The minimum atomic E-state index is 0.0284. The number of thioether (sulfide) groups is 1. The average molecular weight is 303 g/mol. The highest BCUT2D eigenvalue weighted by Gasteiger charge is 2.18. The predicted octanol–water partition coefficient (Wildman–Crippen LogP) is 2.41. The van der Waals surface area contributed by atoms with Gasteiger partial charge in [-0.25, -0.2) is 0 Å². The number of hydrogen-bond acceptors (Lipinski definition) is 2. The summed E-state index contributed by atoms with van der Waals surface area (Å²) in [4.78, 5) is 12.0. The van der Waals surface area contributed by atoms with Crippen LogP contribution in [0.3, 0.4) is 0 Å². The lowest BCUT2D eigenvalue weighted by atomic mass is 10.2. The highest BCUT2D eigenvalue weighted by Crippen LogP contribution is 2.18. The third-order valence-corrected chi connectivity index (χ3v) is 4.35. The lowest BCUT2D eigenvalue weighted by Crippen LogP contribution is -2.39. The molecule has 3 nitrogen and oxygen atoms in total. The van der Waals surface area contributed by atoms with Gasteiger partial charge < -0.3 is 9.88 Å². The lowest BCUT2D eigenvalue weighted by molar-refractivity contribution is 0.0930. The molecule has 0 saturated carbocycles. The molecule has 1 aromatic heterocycles. The van der Waals surface area contributed by atoms with Crippen LogP contribution in [-0.4, -0.2) is 28.0 Å². The molecule has 1 aliphatic rings. The second-order valence-corrected chi connectivity index (χ2v) is 6.11. The summed E-state index contributed by atoms with van der Waals surface area (Å²) in [6.07, 6.45) is 4.20. The van der Waals surface area contributed by atoms with E-state index in [1.165, 1.54) is 12.2 Å². The van der Waals surface area contributed by atoms with Crippen molar-refractivity contribution in [1.82, 2.24) is 9.88 Å². The van der Waals surface area contributed by atoms with Gasteiger partial charge in [-0.05, 0) is 40.6 Å². The topological polar surface area (TPSA) is 34.0 Å². The predicted molar refractivity (Wildman–Crippen MR) is 70.9 cm³/mol. The van der Waals surface area contributed by atoms with Crippen LogP contribution in [0.1, 0.15) is 23.3 Å². The standard InChI is InChI=1S/C11H15BrN2OS/c1-14-6-8(12)5-10(14)11(15)13-9-3-2-4-16-7-9/h5-6,9H,2-4,7H2,1H3,(H,13,15). The number of carbonyl (C=O) groups is 1. The van der Waals surface area contributed by atoms with Crippen molar-refractivity contribution in [2.75, 3.05) is 11.5 Å². The second kappa shape index (κ2) is 5.27. The Hall–Kier alpha value is -0.420. The molecule has 16 heavy (non-hydrogen) atoms. The molecular formula is C11H15BrN2OS. The van der Waals surface area contributed by atoms with Crippen molar-refractivity contribution in [2.24, 2.45) is 7.05 Å². The van der Waals surface area contributed by atoms with Crippen molar-refractivity contribution in [3.63, 3.8) is 0 Å². The molecule has 0 aromatic carbocycles. The molecule has 0 aliphatic carbocycles. The Bertz CT molecular complexity index is 385. The molecule has 1 unspecified atom stereocenters. The maximum absolute atomic E-state index is 12.0. The second-order valence-electron chi connectivity index (χ2n) is 4.04. The molecule has 0 spiro atoms. The van der Waals surface area contributed by atoms with Crippen LogP contribution in [0.5, 0.6) is 0 Å². The van der Waals surface area contributed by atoms with Crippen LogP contribution in [0.15, 0.2) is 16.7 Å². The Balaban J connectivity index is 1.99. The van der Waals surface area contributed by atoms with Crippen LogP contribution in [0.25, 0.3) is 0 Å². The normalized spacial score (nSPS) is 20.8. The number of amides is 1. The van der Waals surface area contributed by atoms with Crippen LogP contribution in [-0.2, 0) is 7.05 Å². The largest absolute Gasteiger partial charge is 0.347 e. The summed E-state index contributed by atoms with van der Waals surface area (Å²) in [6, 6.07) is 2.19. The number of rotatable bonds is 2. The van der Waals surface area contributed by atoms with Gasteiger partial charge in [0.2, 0.25) is 0 Å². The van der Waals surface area contributed by atoms with E-state index in [0.29, 0.717) is 11.7 Å². The van der Waals surface area contributed by atoms with E-state index in [1.54, 1.807) is 0 Å². The highest BCUT2D eigenvalue weighted by molar-refractivity contribution is 9.10. The smallest absolute Gasteiger partial charge is 0.268 e. The molecule has 0 bridgehead atoms. The van der Waals surface area contributed by atoms with Crippen molar-refractivity contribution in [1.29, 1.82) is 0 Å². The van der Waals surface area contributed by atoms with Crippen LogP contribution < -0.4 is 5.32 Å². The first-order chi connectivity index (χ1) is 7.66. The average Bonchev–Trinajstić information content (AvgIpc) is 2.59. The molecule has 1 amide bonds. The van der Waals surface area contributed by atoms with Gasteiger partial charge >= 0.3 is 0 Å². The summed E-state index contributed by atoms with van der Waals surface area (Å²) in [6.45, 7) is 0. The summed E-state index contributed by atoms with van der Waals surface area (Å²) >= 11 is 5.29. The van der Waals surface area contributed by atoms with Crippen molar-refractivity contribution >= 4 is 33.6 Å². The maximum Gasteiger partial charge on any atom is 0.268 e. The molecule has 1 fully saturated rings. The van der Waals surface area contributed by atoms with E-state index >= 15 is 0 Å². The molecule has 5 heteroatoms. The van der Waals surface area contributed by atoms with Gasteiger partial charge in [0.25, 0.3) is 5.91 Å². The van der Waals surface area contributed by atoms with Gasteiger partial charge in [0.05, 0.1) is 0 Å². The van der Waals surface area contributed by atoms with E-state index in [0.717, 1.165) is 16.6 Å². The first-order valence-corrected chi connectivity index (χ1v) is 7.32. The van der Waals surface area contributed by atoms with Gasteiger partial charge in [0.1, 0.15) is 5.69 Å². The molecule has 1 atom stereocenters. The molecule has 0 radical (unpaired) electrons. The van der Waals surface area contributed by atoms with Crippen LogP contribution in [0.2, 0.25) is 0 Å². The van der Waals surface area contributed by atoms with Crippen molar-refractivity contribution in [3.8, 4) is 0 Å². The first-order valence-electron chi connectivity index (χ1n) is 5.37. The quantitative estimate of drug-likeness (QED) is 0.910. The van der Waals surface area contributed by atoms with E-state index in [9.17, 15) is 4.79 Å². The van der Waals surface area contributed by atoms with Gasteiger partial charge in [0.15, 0.2) is 0 Å². The fourth-order valence-electron chi connectivity index (χ4n) is 1.86. The Morgan fingerprint density at radius 2 is 2.50 bits per heavy atom. The van der Waals surface area contributed by atoms with Crippen molar-refractivity contribution < 1.29 is 4.79 Å². The summed E-state index contributed by atoms with van der Waals surface area (Å²) in [5.41, 5.74) is 0.711. The fourth-order valence-corrected chi connectivity index (χ4v) is 3.46. The molecule has 1 aliphatic heterocycles. The minimum Gasteiger partial charge on any atom is -0.347 e. The van der Waals surface area contributed by atoms with E-state index in [2.05, 4.69) is 21.2 Å². The number of carbonyl (C=O) groups excluding carboxylic acids is 1. The Kier molecular flexibility index (Phi) is 3.97. The third kappa shape index (κ3) is 2.83. The molecule has 1 N–H and O–H groups in total. The van der Waals surface area contributed by atoms with Gasteiger partial charge in [-0.3, -0.25) is 4.79 Å². The summed E-state index contributed by atoms with van der Waals surface area (Å²) in [5.74, 6) is 2.29. The number of halogens is 1. The molecule has 1 aromatic rings. The van der Waals surface area contributed by atoms with Gasteiger partial charge in [-0.1, -0.05) is 0 Å². The van der Waals surface area contributed by atoms with E-state index < -0.39 is 0 Å².